The third-order valence-electron chi connectivity index (χ3n) is 6.76. The minimum absolute atomic E-state index is 0.00328. The molecule has 36 heavy (non-hydrogen) atoms. The molecule has 4 N–H and O–H groups in total. The van der Waals surface area contributed by atoms with E-state index in [1.807, 2.05) is 32.0 Å². The molecule has 1 aromatic carbocycles. The normalized spacial score (nSPS) is 15.2. The van der Waals surface area contributed by atoms with Crippen LogP contribution in [-0.4, -0.2) is 67.5 Å². The van der Waals surface area contributed by atoms with E-state index < -0.39 is 12.1 Å². The van der Waals surface area contributed by atoms with Gasteiger partial charge in [0.25, 0.3) is 0 Å². The SMILES string of the molecule is CC[C@H](C)CNC(=O)[C@@H](C[C@H](O)[C@@H](N)CN(Cc1ccc(Cl)c(OCCCOC)c1)C(C)C)C(C)C. The van der Waals surface area contributed by atoms with Gasteiger partial charge in [0.2, 0.25) is 5.91 Å². The number of rotatable bonds is 18. The Morgan fingerprint density at radius 1 is 1.19 bits per heavy atom. The quantitative estimate of drug-likeness (QED) is 0.244. The van der Waals surface area contributed by atoms with Crippen molar-refractivity contribution in [3.8, 4) is 5.75 Å². The number of hydrogen-bond acceptors (Lipinski definition) is 6. The predicted molar refractivity (Wildman–Crippen MR) is 148 cm³/mol. The smallest absolute Gasteiger partial charge is 0.223 e. The molecule has 0 aliphatic rings. The topological polar surface area (TPSA) is 97.0 Å². The number of carbonyl (C=O) groups excluding carboxylic acids is 1. The number of nitrogens with one attached hydrogen (secondary N) is 1. The zero-order valence-electron chi connectivity index (χ0n) is 23.4. The fourth-order valence-corrected chi connectivity index (χ4v) is 4.07. The number of nitrogens with two attached hydrogens (primary N) is 1. The summed E-state index contributed by atoms with van der Waals surface area (Å²) in [5.74, 6) is 0.911. The second-order valence-electron chi connectivity index (χ2n) is 10.6. The molecule has 0 aliphatic heterocycles. The number of aliphatic hydroxyl groups excluding tert-OH is 1. The van der Waals surface area contributed by atoms with Crippen LogP contribution in [0.1, 0.15) is 66.4 Å². The van der Waals surface area contributed by atoms with E-state index in [-0.39, 0.29) is 23.8 Å². The Balaban J connectivity index is 2.79. The summed E-state index contributed by atoms with van der Waals surface area (Å²) in [6, 6.07) is 5.53. The Kier molecular flexibility index (Phi) is 15.6. The first-order chi connectivity index (χ1) is 17.0. The van der Waals surface area contributed by atoms with Gasteiger partial charge in [-0.1, -0.05) is 51.8 Å². The number of hydrogen-bond donors (Lipinski definition) is 3. The van der Waals surface area contributed by atoms with E-state index in [9.17, 15) is 9.90 Å². The maximum atomic E-state index is 12.8. The lowest BCUT2D eigenvalue weighted by Gasteiger charge is -2.32. The van der Waals surface area contributed by atoms with Gasteiger partial charge in [-0.05, 0) is 49.8 Å². The van der Waals surface area contributed by atoms with Crippen molar-refractivity contribution < 1.29 is 19.4 Å². The second kappa shape index (κ2) is 17.2. The predicted octanol–water partition coefficient (Wildman–Crippen LogP) is 4.48. The number of halogens is 1. The van der Waals surface area contributed by atoms with Gasteiger partial charge < -0.3 is 25.6 Å². The first-order valence-electron chi connectivity index (χ1n) is 13.4. The van der Waals surface area contributed by atoms with Gasteiger partial charge in [0.1, 0.15) is 5.75 Å². The molecule has 0 heterocycles. The number of amides is 1. The van der Waals surface area contributed by atoms with E-state index >= 15 is 0 Å². The molecule has 0 saturated heterocycles. The largest absolute Gasteiger partial charge is 0.492 e. The van der Waals surface area contributed by atoms with Gasteiger partial charge in [-0.25, -0.2) is 0 Å². The van der Waals surface area contributed by atoms with Crippen molar-refractivity contribution in [1.29, 1.82) is 0 Å². The number of benzene rings is 1. The van der Waals surface area contributed by atoms with Crippen LogP contribution in [0.15, 0.2) is 18.2 Å². The number of methoxy groups -OCH3 is 1. The zero-order chi connectivity index (χ0) is 27.3. The van der Waals surface area contributed by atoms with Crippen molar-refractivity contribution in [3.63, 3.8) is 0 Å². The van der Waals surface area contributed by atoms with Crippen LogP contribution in [0.25, 0.3) is 0 Å². The van der Waals surface area contributed by atoms with Gasteiger partial charge >= 0.3 is 0 Å². The maximum absolute atomic E-state index is 12.8. The molecule has 0 fully saturated rings. The average Bonchev–Trinajstić information content (AvgIpc) is 2.83. The van der Waals surface area contributed by atoms with E-state index in [4.69, 9.17) is 26.8 Å². The highest BCUT2D eigenvalue weighted by Gasteiger charge is 2.29. The third-order valence-corrected chi connectivity index (χ3v) is 7.07. The summed E-state index contributed by atoms with van der Waals surface area (Å²) in [7, 11) is 1.67. The summed E-state index contributed by atoms with van der Waals surface area (Å²) in [5.41, 5.74) is 7.53. The monoisotopic (exact) mass is 527 g/mol. The lowest BCUT2D eigenvalue weighted by molar-refractivity contribution is -0.127. The molecule has 0 radical (unpaired) electrons. The summed E-state index contributed by atoms with van der Waals surface area (Å²) < 4.78 is 10.9. The highest BCUT2D eigenvalue weighted by molar-refractivity contribution is 6.32. The Morgan fingerprint density at radius 3 is 2.47 bits per heavy atom. The fourth-order valence-electron chi connectivity index (χ4n) is 3.89. The summed E-state index contributed by atoms with van der Waals surface area (Å²) >= 11 is 6.33. The van der Waals surface area contributed by atoms with Crippen molar-refractivity contribution in [2.24, 2.45) is 23.5 Å². The minimum atomic E-state index is -0.780. The minimum Gasteiger partial charge on any atom is -0.492 e. The van der Waals surface area contributed by atoms with Crippen molar-refractivity contribution >= 4 is 17.5 Å². The van der Waals surface area contributed by atoms with Gasteiger partial charge in [0.05, 0.1) is 17.7 Å². The third kappa shape index (κ3) is 11.8. The van der Waals surface area contributed by atoms with Crippen molar-refractivity contribution in [2.75, 3.05) is 33.4 Å². The van der Waals surface area contributed by atoms with Gasteiger partial charge in [0.15, 0.2) is 0 Å². The second-order valence-corrected chi connectivity index (χ2v) is 11.0. The first kappa shape index (κ1) is 32.6. The Bertz CT molecular complexity index is 762. The summed E-state index contributed by atoms with van der Waals surface area (Å²) in [5, 5.41) is 14.6. The van der Waals surface area contributed by atoms with Crippen LogP contribution in [-0.2, 0) is 16.1 Å². The molecule has 1 rings (SSSR count). The lowest BCUT2D eigenvalue weighted by Crippen LogP contribution is -2.48. The molecule has 0 saturated carbocycles. The standard InChI is InChI=1S/C28H50ClN3O4/c1-8-21(6)16-31-28(34)23(19(2)3)15-26(33)25(30)18-32(20(4)5)17-22-10-11-24(29)27(14-22)36-13-9-12-35-7/h10-11,14,19-21,23,25-26,33H,8-9,12-13,15-18,30H2,1-7H3,(H,31,34)/t21-,23-,25-,26-/m0/s1. The zero-order valence-corrected chi connectivity index (χ0v) is 24.2. The van der Waals surface area contributed by atoms with Crippen molar-refractivity contribution in [3.05, 3.63) is 28.8 Å². The summed E-state index contributed by atoms with van der Waals surface area (Å²) in [6.07, 6.45) is 1.37. The number of nitrogens with zero attached hydrogens (tertiary/aromatic N) is 1. The van der Waals surface area contributed by atoms with Crippen LogP contribution in [0, 0.1) is 17.8 Å². The van der Waals surface area contributed by atoms with E-state index in [0.29, 0.717) is 56.0 Å². The highest BCUT2D eigenvalue weighted by atomic mass is 35.5. The van der Waals surface area contributed by atoms with Crippen LogP contribution >= 0.6 is 11.6 Å². The Morgan fingerprint density at radius 2 is 1.89 bits per heavy atom. The van der Waals surface area contributed by atoms with Crippen LogP contribution < -0.4 is 15.8 Å². The molecule has 0 unspecified atom stereocenters. The average molecular weight is 528 g/mol. The van der Waals surface area contributed by atoms with Gasteiger partial charge in [-0.15, -0.1) is 0 Å². The molecule has 1 aromatic rings. The molecule has 208 valence electrons. The first-order valence-corrected chi connectivity index (χ1v) is 13.7. The molecule has 7 nitrogen and oxygen atoms in total. The summed E-state index contributed by atoms with van der Waals surface area (Å²) in [4.78, 5) is 15.0. The number of ether oxygens (including phenoxy) is 2. The van der Waals surface area contributed by atoms with Crippen LogP contribution in [0.5, 0.6) is 5.75 Å². The molecule has 1 amide bonds. The van der Waals surface area contributed by atoms with E-state index in [0.717, 1.165) is 18.4 Å². The van der Waals surface area contributed by atoms with Crippen LogP contribution in [0.3, 0.4) is 0 Å². The lowest BCUT2D eigenvalue weighted by atomic mass is 9.87. The molecule has 0 aromatic heterocycles. The van der Waals surface area contributed by atoms with Crippen LogP contribution in [0.2, 0.25) is 5.02 Å². The van der Waals surface area contributed by atoms with E-state index in [2.05, 4.69) is 37.9 Å². The summed E-state index contributed by atoms with van der Waals surface area (Å²) in [6.45, 7) is 15.4. The number of aliphatic hydroxyl groups is 1. The highest BCUT2D eigenvalue weighted by Crippen LogP contribution is 2.27. The molecule has 0 aliphatic carbocycles. The molecule has 0 spiro atoms. The Hall–Kier alpha value is -1.38. The Labute approximate surface area is 224 Å². The maximum Gasteiger partial charge on any atom is 0.223 e. The van der Waals surface area contributed by atoms with Gasteiger partial charge in [-0.3, -0.25) is 9.69 Å². The fraction of sp³-hybridized carbons (Fsp3) is 0.750. The van der Waals surface area contributed by atoms with E-state index in [1.165, 1.54) is 0 Å². The van der Waals surface area contributed by atoms with Crippen molar-refractivity contribution in [2.45, 2.75) is 85.5 Å². The van der Waals surface area contributed by atoms with Crippen molar-refractivity contribution in [1.82, 2.24) is 10.2 Å². The van der Waals surface area contributed by atoms with Gasteiger partial charge in [0, 0.05) is 57.8 Å². The molecule has 0 bridgehead atoms. The van der Waals surface area contributed by atoms with Crippen LogP contribution in [0.4, 0.5) is 0 Å². The molecule has 4 atom stereocenters. The molecular formula is C28H50ClN3O4. The number of carbonyl (C=O) groups is 1. The molecule has 8 heteroatoms. The van der Waals surface area contributed by atoms with E-state index in [1.54, 1.807) is 7.11 Å². The molecular weight excluding hydrogens is 478 g/mol. The van der Waals surface area contributed by atoms with Gasteiger partial charge in [-0.2, -0.15) is 0 Å².